The lowest BCUT2D eigenvalue weighted by Gasteiger charge is -2.39. The Labute approximate surface area is 111 Å². The van der Waals surface area contributed by atoms with Gasteiger partial charge in [0.25, 0.3) is 0 Å². The first kappa shape index (κ1) is 12.0. The predicted molar refractivity (Wildman–Crippen MR) is 68.0 cm³/mol. The second kappa shape index (κ2) is 4.53. The minimum Gasteiger partial charge on any atom is -0.461 e. The summed E-state index contributed by atoms with van der Waals surface area (Å²) in [6.45, 7) is 1.36. The number of hydrogen-bond acceptors (Lipinski definition) is 4. The number of ether oxygens (including phenoxy) is 2. The molecule has 1 aromatic rings. The molecule has 2 aliphatic heterocycles. The van der Waals surface area contributed by atoms with Gasteiger partial charge in [0.2, 0.25) is 0 Å². The van der Waals surface area contributed by atoms with Gasteiger partial charge in [0, 0.05) is 13.3 Å². The Morgan fingerprint density at radius 2 is 2.05 bits per heavy atom. The van der Waals surface area contributed by atoms with Gasteiger partial charge in [-0.1, -0.05) is 36.4 Å². The van der Waals surface area contributed by atoms with E-state index in [1.165, 1.54) is 6.92 Å². The van der Waals surface area contributed by atoms with Crippen molar-refractivity contribution in [3.8, 4) is 0 Å². The maximum atomic E-state index is 11.8. The average molecular weight is 258 g/mol. The summed E-state index contributed by atoms with van der Waals surface area (Å²) < 4.78 is 10.6. The molecule has 0 saturated carbocycles. The first-order chi connectivity index (χ1) is 9.15. The lowest BCUT2D eigenvalue weighted by Crippen LogP contribution is -2.46. The van der Waals surface area contributed by atoms with Gasteiger partial charge in [0.1, 0.15) is 18.1 Å². The van der Waals surface area contributed by atoms with E-state index in [0.717, 1.165) is 11.1 Å². The summed E-state index contributed by atoms with van der Waals surface area (Å²) in [4.78, 5) is 22.8. The summed E-state index contributed by atoms with van der Waals surface area (Å²) in [5.41, 5.74) is 2.06. The summed E-state index contributed by atoms with van der Waals surface area (Å²) in [5, 5.41) is 0. The van der Waals surface area contributed by atoms with Crippen LogP contribution in [0.1, 0.15) is 18.9 Å². The van der Waals surface area contributed by atoms with E-state index in [1.54, 1.807) is 0 Å². The lowest BCUT2D eigenvalue weighted by molar-refractivity contribution is -0.172. The number of hydrogen-bond donors (Lipinski definition) is 0. The van der Waals surface area contributed by atoms with Crippen LogP contribution in [-0.2, 0) is 19.1 Å². The van der Waals surface area contributed by atoms with Crippen molar-refractivity contribution >= 4 is 17.5 Å². The fourth-order valence-electron chi connectivity index (χ4n) is 2.69. The molecule has 98 valence electrons. The quantitative estimate of drug-likeness (QED) is 0.761. The second-order valence-electron chi connectivity index (χ2n) is 4.82. The third-order valence-corrected chi connectivity index (χ3v) is 3.51. The zero-order chi connectivity index (χ0) is 13.4. The van der Waals surface area contributed by atoms with Gasteiger partial charge in [-0.05, 0) is 11.1 Å². The highest BCUT2D eigenvalue weighted by atomic mass is 16.6. The van der Waals surface area contributed by atoms with Crippen molar-refractivity contribution in [1.82, 2.24) is 0 Å². The Morgan fingerprint density at radius 1 is 1.32 bits per heavy atom. The molecule has 0 N–H and O–H groups in total. The Morgan fingerprint density at radius 3 is 2.68 bits per heavy atom. The molecule has 1 aliphatic carbocycles. The number of fused-ring (bicyclic) bond motifs is 2. The number of esters is 2. The molecule has 2 bridgehead atoms. The summed E-state index contributed by atoms with van der Waals surface area (Å²) in [5.74, 6) is -1.15. The van der Waals surface area contributed by atoms with Crippen molar-refractivity contribution in [2.75, 3.05) is 0 Å². The van der Waals surface area contributed by atoms with Crippen LogP contribution in [0, 0.1) is 5.92 Å². The molecule has 0 spiro atoms. The van der Waals surface area contributed by atoms with Crippen molar-refractivity contribution in [2.45, 2.75) is 25.6 Å². The highest BCUT2D eigenvalue weighted by Crippen LogP contribution is 2.39. The molecule has 4 rings (SSSR count). The van der Waals surface area contributed by atoms with Gasteiger partial charge in [-0.25, -0.2) is 0 Å². The molecule has 4 nitrogen and oxygen atoms in total. The summed E-state index contributed by atoms with van der Waals surface area (Å²) in [6, 6.07) is 9.81. The highest BCUT2D eigenvalue weighted by molar-refractivity contribution is 5.86. The zero-order valence-electron chi connectivity index (χ0n) is 10.5. The molecule has 19 heavy (non-hydrogen) atoms. The maximum absolute atomic E-state index is 11.8. The van der Waals surface area contributed by atoms with E-state index in [0.29, 0.717) is 6.42 Å². The lowest BCUT2D eigenvalue weighted by atomic mass is 9.80. The van der Waals surface area contributed by atoms with E-state index in [2.05, 4.69) is 0 Å². The van der Waals surface area contributed by atoms with Gasteiger partial charge in [0.05, 0.1) is 0 Å². The number of benzene rings is 1. The van der Waals surface area contributed by atoms with Crippen molar-refractivity contribution in [2.24, 2.45) is 5.92 Å². The van der Waals surface area contributed by atoms with Crippen molar-refractivity contribution in [3.63, 3.8) is 0 Å². The molecule has 1 saturated heterocycles. The molecule has 3 atom stereocenters. The van der Waals surface area contributed by atoms with Gasteiger partial charge >= 0.3 is 11.9 Å². The Balaban J connectivity index is 1.92. The Kier molecular flexibility index (Phi) is 2.85. The third kappa shape index (κ3) is 2.14. The normalized spacial score (nSPS) is 28.6. The van der Waals surface area contributed by atoms with Crippen molar-refractivity contribution in [3.05, 3.63) is 42.0 Å². The van der Waals surface area contributed by atoms with Gasteiger partial charge in [-0.3, -0.25) is 9.59 Å². The minimum absolute atomic E-state index is 0.304. The number of carbonyl (C=O) groups is 2. The fraction of sp³-hybridized carbons (Fsp3) is 0.333. The first-order valence-electron chi connectivity index (χ1n) is 6.30. The Hall–Kier alpha value is -2.10. The van der Waals surface area contributed by atoms with Crippen LogP contribution >= 0.6 is 0 Å². The average Bonchev–Trinajstić information content (AvgIpc) is 2.39. The molecular formula is C15H14O4. The van der Waals surface area contributed by atoms with Crippen LogP contribution in [0.2, 0.25) is 0 Å². The monoisotopic (exact) mass is 258 g/mol. The summed E-state index contributed by atoms with van der Waals surface area (Å²) in [6.07, 6.45) is 1.71. The molecule has 1 aromatic carbocycles. The molecular weight excluding hydrogens is 244 g/mol. The number of carbonyl (C=O) groups excluding carboxylic acids is 2. The van der Waals surface area contributed by atoms with Gasteiger partial charge < -0.3 is 9.47 Å². The molecule has 4 heteroatoms. The topological polar surface area (TPSA) is 52.6 Å². The van der Waals surface area contributed by atoms with E-state index in [9.17, 15) is 9.59 Å². The SMILES string of the molecule is CC(=O)O[C@@H]1C[C@@H]2OC(=O)[C@H]1C=C2c1ccccc1. The van der Waals surface area contributed by atoms with E-state index in [-0.39, 0.29) is 18.0 Å². The van der Waals surface area contributed by atoms with Gasteiger partial charge in [-0.2, -0.15) is 0 Å². The fourth-order valence-corrected chi connectivity index (χ4v) is 2.69. The largest absolute Gasteiger partial charge is 0.461 e. The van der Waals surface area contributed by atoms with Crippen molar-refractivity contribution in [1.29, 1.82) is 0 Å². The second-order valence-corrected chi connectivity index (χ2v) is 4.82. The zero-order valence-corrected chi connectivity index (χ0v) is 10.5. The van der Waals surface area contributed by atoms with E-state index >= 15 is 0 Å². The molecule has 0 amide bonds. The smallest absolute Gasteiger partial charge is 0.317 e. The van der Waals surface area contributed by atoms with Crippen LogP contribution in [0.5, 0.6) is 0 Å². The van der Waals surface area contributed by atoms with Gasteiger partial charge in [-0.15, -0.1) is 0 Å². The van der Waals surface area contributed by atoms with Crippen LogP contribution in [0.3, 0.4) is 0 Å². The van der Waals surface area contributed by atoms with Crippen LogP contribution < -0.4 is 0 Å². The van der Waals surface area contributed by atoms with Crippen molar-refractivity contribution < 1.29 is 19.1 Å². The molecule has 3 aliphatic rings. The minimum atomic E-state index is -0.482. The summed E-state index contributed by atoms with van der Waals surface area (Å²) >= 11 is 0. The van der Waals surface area contributed by atoms with E-state index in [4.69, 9.17) is 9.47 Å². The van der Waals surface area contributed by atoms with E-state index < -0.39 is 12.0 Å². The summed E-state index contributed by atoms with van der Waals surface area (Å²) in [7, 11) is 0. The molecule has 0 unspecified atom stereocenters. The molecule has 0 aromatic heterocycles. The van der Waals surface area contributed by atoms with Crippen LogP contribution in [0.4, 0.5) is 0 Å². The van der Waals surface area contributed by atoms with E-state index in [1.807, 2.05) is 36.4 Å². The molecule has 1 fully saturated rings. The molecule has 2 heterocycles. The van der Waals surface area contributed by atoms with Crippen LogP contribution in [-0.4, -0.2) is 24.1 Å². The van der Waals surface area contributed by atoms with Crippen LogP contribution in [0.15, 0.2) is 36.4 Å². The highest BCUT2D eigenvalue weighted by Gasteiger charge is 2.45. The number of rotatable bonds is 2. The maximum Gasteiger partial charge on any atom is 0.317 e. The predicted octanol–water partition coefficient (Wildman–Crippen LogP) is 1.95. The standard InChI is InChI=1S/C15H14O4/c1-9(16)18-14-8-13-11(7-12(14)15(17)19-13)10-5-3-2-4-6-10/h2-7,12-14H,8H2,1H3/t12-,13-,14+/m0/s1. The van der Waals surface area contributed by atoms with Gasteiger partial charge in [0.15, 0.2) is 0 Å². The third-order valence-electron chi connectivity index (χ3n) is 3.51. The first-order valence-corrected chi connectivity index (χ1v) is 6.30. The van der Waals surface area contributed by atoms with Crippen LogP contribution in [0.25, 0.3) is 5.57 Å². The molecule has 0 radical (unpaired) electrons. The Bertz CT molecular complexity index is 547.